The maximum Gasteiger partial charge on any atom is 0.329 e. The minimum Gasteiger partial charge on any atom is -0.285 e. The fraction of sp³-hybridized carbons (Fsp3) is 0.238. The predicted octanol–water partition coefficient (Wildman–Crippen LogP) is 1.66. The van der Waals surface area contributed by atoms with Gasteiger partial charge in [-0.25, -0.2) is 9.78 Å². The molecule has 0 unspecified atom stereocenters. The second kappa shape index (κ2) is 8.02. The summed E-state index contributed by atoms with van der Waals surface area (Å²) in [6.07, 6.45) is 1.71. The molecule has 0 aromatic carbocycles. The number of rotatable bonds is 5. The molecule has 0 saturated heterocycles. The van der Waals surface area contributed by atoms with Gasteiger partial charge < -0.3 is 0 Å². The quantitative estimate of drug-likeness (QED) is 0.662. The number of hydrogen-bond acceptors (Lipinski definition) is 6. The number of pyridine rings is 2. The Labute approximate surface area is 166 Å². The van der Waals surface area contributed by atoms with Crippen molar-refractivity contribution in [2.75, 3.05) is 0 Å². The molecule has 146 valence electrons. The number of H-pyrrole nitrogens is 1. The van der Waals surface area contributed by atoms with E-state index in [1.165, 1.54) is 16.8 Å². The lowest BCUT2D eigenvalue weighted by molar-refractivity contribution is 0.102. The number of hydrogen-bond donors (Lipinski definition) is 1. The molecule has 1 N–H and O–H groups in total. The summed E-state index contributed by atoms with van der Waals surface area (Å²) in [6.45, 7) is 5.28. The number of aryl methyl sites for hydroxylation is 2. The summed E-state index contributed by atoms with van der Waals surface area (Å²) in [6, 6.07) is 8.55. The molecule has 8 heteroatoms. The zero-order valence-electron chi connectivity index (χ0n) is 16.3. The molecule has 0 atom stereocenters. The topological polar surface area (TPSA) is 121 Å². The number of aromatic nitrogens is 4. The van der Waals surface area contributed by atoms with E-state index in [-0.39, 0.29) is 29.9 Å². The van der Waals surface area contributed by atoms with Crippen molar-refractivity contribution in [3.05, 3.63) is 90.8 Å². The second-order valence-electron chi connectivity index (χ2n) is 6.67. The van der Waals surface area contributed by atoms with Gasteiger partial charge in [-0.3, -0.25) is 24.1 Å². The number of carbonyl (C=O) groups is 1. The van der Waals surface area contributed by atoms with E-state index in [1.54, 1.807) is 26.0 Å². The predicted molar refractivity (Wildman–Crippen MR) is 106 cm³/mol. The van der Waals surface area contributed by atoms with Crippen LogP contribution < -0.4 is 11.2 Å². The molecular formula is C21H19N5O3. The molecule has 0 fully saturated rings. The molecule has 0 saturated carbocycles. The third kappa shape index (κ3) is 4.04. The van der Waals surface area contributed by atoms with Gasteiger partial charge >= 0.3 is 5.69 Å². The maximum atomic E-state index is 13.3. The summed E-state index contributed by atoms with van der Waals surface area (Å²) in [5.74, 6) is -0.506. The van der Waals surface area contributed by atoms with Gasteiger partial charge in [-0.2, -0.15) is 5.26 Å². The number of nitriles is 1. The van der Waals surface area contributed by atoms with E-state index < -0.39 is 17.0 Å². The van der Waals surface area contributed by atoms with E-state index in [9.17, 15) is 14.4 Å². The first-order chi connectivity index (χ1) is 13.8. The number of carbonyl (C=O) groups excluding carboxylic acids is 1. The standard InChI is InChI=1S/C21H19N5O3/c1-4-16-18(19(27)17-8-12(2)7-13(3)24-17)26(21(29)25-20(16)28)11-15-9-14(10-22)5-6-23-15/h5-9H,4,11H2,1-3H3,(H,25,28,29). The van der Waals surface area contributed by atoms with Crippen LogP contribution in [-0.4, -0.2) is 25.3 Å². The fourth-order valence-electron chi connectivity index (χ4n) is 3.23. The van der Waals surface area contributed by atoms with Crippen LogP contribution >= 0.6 is 0 Å². The highest BCUT2D eigenvalue weighted by molar-refractivity contribution is 6.07. The summed E-state index contributed by atoms with van der Waals surface area (Å²) in [7, 11) is 0. The second-order valence-corrected chi connectivity index (χ2v) is 6.67. The van der Waals surface area contributed by atoms with Gasteiger partial charge in [-0.05, 0) is 50.1 Å². The molecule has 3 heterocycles. The third-order valence-electron chi connectivity index (χ3n) is 4.46. The third-order valence-corrected chi connectivity index (χ3v) is 4.46. The number of ketones is 1. The van der Waals surface area contributed by atoms with E-state index >= 15 is 0 Å². The van der Waals surface area contributed by atoms with Gasteiger partial charge in [-0.15, -0.1) is 0 Å². The molecule has 3 aromatic heterocycles. The van der Waals surface area contributed by atoms with Crippen molar-refractivity contribution in [2.24, 2.45) is 0 Å². The first-order valence-electron chi connectivity index (χ1n) is 9.05. The molecule has 3 rings (SSSR count). The Bertz CT molecular complexity index is 1240. The SMILES string of the molecule is CCc1c(C(=O)c2cc(C)cc(C)n2)n(Cc2cc(C#N)ccn2)c(=O)[nH]c1=O. The van der Waals surface area contributed by atoms with Gasteiger partial charge in [0.2, 0.25) is 5.78 Å². The van der Waals surface area contributed by atoms with Crippen molar-refractivity contribution in [1.82, 2.24) is 19.5 Å². The van der Waals surface area contributed by atoms with E-state index in [2.05, 4.69) is 15.0 Å². The van der Waals surface area contributed by atoms with E-state index in [0.717, 1.165) is 5.56 Å². The first kappa shape index (κ1) is 19.9. The van der Waals surface area contributed by atoms with Crippen LogP contribution in [-0.2, 0) is 13.0 Å². The van der Waals surface area contributed by atoms with Crippen LogP contribution in [0, 0.1) is 25.2 Å². The lowest BCUT2D eigenvalue weighted by atomic mass is 10.0. The maximum absolute atomic E-state index is 13.3. The van der Waals surface area contributed by atoms with E-state index in [1.807, 2.05) is 19.1 Å². The summed E-state index contributed by atoms with van der Waals surface area (Å²) < 4.78 is 1.19. The van der Waals surface area contributed by atoms with Crippen molar-refractivity contribution < 1.29 is 4.79 Å². The zero-order valence-corrected chi connectivity index (χ0v) is 16.3. The molecule has 3 aromatic rings. The van der Waals surface area contributed by atoms with Crippen LogP contribution in [0.5, 0.6) is 0 Å². The van der Waals surface area contributed by atoms with Gasteiger partial charge in [0.25, 0.3) is 5.56 Å². The number of nitrogens with zero attached hydrogens (tertiary/aromatic N) is 4. The van der Waals surface area contributed by atoms with Crippen LogP contribution in [0.3, 0.4) is 0 Å². The molecule has 0 aliphatic rings. The van der Waals surface area contributed by atoms with E-state index in [4.69, 9.17) is 5.26 Å². The highest BCUT2D eigenvalue weighted by atomic mass is 16.2. The summed E-state index contributed by atoms with van der Waals surface area (Å²) >= 11 is 0. The van der Waals surface area contributed by atoms with Crippen LogP contribution in [0.4, 0.5) is 0 Å². The Morgan fingerprint density at radius 3 is 2.66 bits per heavy atom. The summed E-state index contributed by atoms with van der Waals surface area (Å²) in [4.78, 5) is 49.0. The monoisotopic (exact) mass is 389 g/mol. The Hall–Kier alpha value is -3.86. The smallest absolute Gasteiger partial charge is 0.285 e. The first-order valence-corrected chi connectivity index (χ1v) is 9.05. The van der Waals surface area contributed by atoms with Gasteiger partial charge in [0, 0.05) is 17.5 Å². The van der Waals surface area contributed by atoms with Crippen LogP contribution in [0.15, 0.2) is 40.1 Å². The van der Waals surface area contributed by atoms with Gasteiger partial charge in [-0.1, -0.05) is 6.92 Å². The van der Waals surface area contributed by atoms with Crippen LogP contribution in [0.1, 0.15) is 51.2 Å². The highest BCUT2D eigenvalue weighted by Gasteiger charge is 2.23. The molecule has 0 amide bonds. The van der Waals surface area contributed by atoms with Gasteiger partial charge in [0.05, 0.1) is 23.9 Å². The molecule has 29 heavy (non-hydrogen) atoms. The van der Waals surface area contributed by atoms with Crippen molar-refractivity contribution in [1.29, 1.82) is 5.26 Å². The zero-order chi connectivity index (χ0) is 21.1. The van der Waals surface area contributed by atoms with E-state index in [0.29, 0.717) is 17.0 Å². The number of nitrogens with one attached hydrogen (secondary N) is 1. The van der Waals surface area contributed by atoms with Gasteiger partial charge in [0.15, 0.2) is 0 Å². The fourth-order valence-corrected chi connectivity index (χ4v) is 3.23. The average molecular weight is 389 g/mol. The summed E-state index contributed by atoms with van der Waals surface area (Å²) in [5.41, 5.74) is 1.35. The molecule has 0 bridgehead atoms. The minimum atomic E-state index is -0.718. The largest absolute Gasteiger partial charge is 0.329 e. The van der Waals surface area contributed by atoms with Crippen molar-refractivity contribution in [3.8, 4) is 6.07 Å². The van der Waals surface area contributed by atoms with Crippen LogP contribution in [0.2, 0.25) is 0 Å². The molecule has 0 radical (unpaired) electrons. The van der Waals surface area contributed by atoms with Crippen LogP contribution in [0.25, 0.3) is 0 Å². The molecular weight excluding hydrogens is 370 g/mol. The Morgan fingerprint density at radius 2 is 2.00 bits per heavy atom. The Balaban J connectivity index is 2.23. The van der Waals surface area contributed by atoms with Crippen molar-refractivity contribution in [3.63, 3.8) is 0 Å². The highest BCUT2D eigenvalue weighted by Crippen LogP contribution is 2.14. The average Bonchev–Trinajstić information content (AvgIpc) is 2.68. The molecule has 0 aliphatic heterocycles. The lowest BCUT2D eigenvalue weighted by Gasteiger charge is -2.15. The normalized spacial score (nSPS) is 10.6. The Morgan fingerprint density at radius 1 is 1.24 bits per heavy atom. The molecule has 0 spiro atoms. The van der Waals surface area contributed by atoms with Crippen molar-refractivity contribution >= 4 is 5.78 Å². The lowest BCUT2D eigenvalue weighted by Crippen LogP contribution is -2.38. The minimum absolute atomic E-state index is 0.0112. The number of aromatic amines is 1. The molecule has 8 nitrogen and oxygen atoms in total. The van der Waals surface area contributed by atoms with Crippen molar-refractivity contribution in [2.45, 2.75) is 33.7 Å². The molecule has 0 aliphatic carbocycles. The van der Waals surface area contributed by atoms with Gasteiger partial charge in [0.1, 0.15) is 11.4 Å². The Kier molecular flexibility index (Phi) is 5.50. The summed E-state index contributed by atoms with van der Waals surface area (Å²) in [5, 5.41) is 9.09.